The Morgan fingerprint density at radius 3 is 2.83 bits per heavy atom. The average Bonchev–Trinajstić information content (AvgIpc) is 2.65. The van der Waals surface area contributed by atoms with Crippen LogP contribution in [0.3, 0.4) is 0 Å². The lowest BCUT2D eigenvalue weighted by atomic mass is 10.3. The van der Waals surface area contributed by atoms with Crippen molar-refractivity contribution in [3.63, 3.8) is 0 Å². The second-order valence-corrected chi connectivity index (χ2v) is 4.82. The molecule has 0 fully saturated rings. The number of thioether (sulfide) groups is 1. The molecule has 0 unspecified atom stereocenters. The highest BCUT2D eigenvalue weighted by atomic mass is 32.2. The third-order valence-electron chi connectivity index (χ3n) is 2.22. The Balaban J connectivity index is 1.92. The van der Waals surface area contributed by atoms with Gasteiger partial charge in [0.05, 0.1) is 0 Å². The van der Waals surface area contributed by atoms with E-state index in [1.54, 1.807) is 18.2 Å². The first-order valence-electron chi connectivity index (χ1n) is 5.30. The minimum atomic E-state index is -4.10. The summed E-state index contributed by atoms with van der Waals surface area (Å²) in [5.74, 6) is 0.321. The molecule has 0 aliphatic carbocycles. The van der Waals surface area contributed by atoms with E-state index in [-0.39, 0.29) is 6.42 Å². The highest BCUT2D eigenvalue weighted by molar-refractivity contribution is 7.99. The summed E-state index contributed by atoms with van der Waals surface area (Å²) in [6, 6.07) is 5.04. The van der Waals surface area contributed by atoms with E-state index in [2.05, 4.69) is 4.98 Å². The van der Waals surface area contributed by atoms with Crippen molar-refractivity contribution < 1.29 is 17.6 Å². The molecule has 0 saturated heterocycles. The molecule has 7 heteroatoms. The minimum absolute atomic E-state index is 0.0506. The van der Waals surface area contributed by atoms with Crippen LogP contribution in [0, 0.1) is 0 Å². The number of hydrogen-bond acceptors (Lipinski definition) is 4. The zero-order chi connectivity index (χ0) is 13.2. The molecule has 98 valence electrons. The number of benzene rings is 1. The molecule has 1 aromatic carbocycles. The van der Waals surface area contributed by atoms with E-state index in [4.69, 9.17) is 10.2 Å². The van der Waals surface area contributed by atoms with Gasteiger partial charge in [0.15, 0.2) is 5.58 Å². The van der Waals surface area contributed by atoms with E-state index in [0.717, 1.165) is 0 Å². The fourth-order valence-corrected chi connectivity index (χ4v) is 2.19. The number of nitrogen functional groups attached to an aromatic ring is 1. The van der Waals surface area contributed by atoms with Crippen LogP contribution >= 0.6 is 11.8 Å². The van der Waals surface area contributed by atoms with E-state index in [9.17, 15) is 13.2 Å². The molecule has 0 aliphatic rings. The van der Waals surface area contributed by atoms with E-state index >= 15 is 0 Å². The number of nitrogens with zero attached hydrogens (tertiary/aromatic N) is 1. The Kier molecular flexibility index (Phi) is 3.70. The van der Waals surface area contributed by atoms with Gasteiger partial charge in [-0.25, -0.2) is 4.98 Å². The van der Waals surface area contributed by atoms with Gasteiger partial charge in [-0.2, -0.15) is 13.2 Å². The first-order valence-corrected chi connectivity index (χ1v) is 6.28. The fraction of sp³-hybridized carbons (Fsp3) is 0.364. The molecular formula is C11H11F3N2OS. The van der Waals surface area contributed by atoms with Gasteiger partial charge in [-0.3, -0.25) is 0 Å². The molecular weight excluding hydrogens is 265 g/mol. The van der Waals surface area contributed by atoms with Crippen LogP contribution in [-0.4, -0.2) is 16.9 Å². The summed E-state index contributed by atoms with van der Waals surface area (Å²) in [7, 11) is 0. The van der Waals surface area contributed by atoms with Crippen LogP contribution in [0.2, 0.25) is 0 Å². The van der Waals surface area contributed by atoms with E-state index in [1.165, 1.54) is 11.8 Å². The summed E-state index contributed by atoms with van der Waals surface area (Å²) in [6.45, 7) is 0. The van der Waals surface area contributed by atoms with Crippen molar-refractivity contribution in [3.8, 4) is 0 Å². The van der Waals surface area contributed by atoms with Gasteiger partial charge in [0.2, 0.25) is 0 Å². The molecule has 0 radical (unpaired) electrons. The smallest absolute Gasteiger partial charge is 0.389 e. The zero-order valence-electron chi connectivity index (χ0n) is 9.33. The average molecular weight is 276 g/mol. The van der Waals surface area contributed by atoms with Crippen molar-refractivity contribution in [3.05, 3.63) is 18.2 Å². The van der Waals surface area contributed by atoms with Gasteiger partial charge in [0.25, 0.3) is 5.22 Å². The maximum absolute atomic E-state index is 11.9. The molecule has 0 spiro atoms. The van der Waals surface area contributed by atoms with Crippen LogP contribution in [-0.2, 0) is 0 Å². The predicted molar refractivity (Wildman–Crippen MR) is 64.4 cm³/mol. The molecule has 1 heterocycles. The first kappa shape index (κ1) is 13.1. The number of hydrogen-bond donors (Lipinski definition) is 1. The number of nitrogens with two attached hydrogens (primary N) is 1. The van der Waals surface area contributed by atoms with Gasteiger partial charge in [0.1, 0.15) is 5.52 Å². The lowest BCUT2D eigenvalue weighted by Gasteiger charge is -2.03. The van der Waals surface area contributed by atoms with Crippen molar-refractivity contribution in [2.24, 2.45) is 0 Å². The fourth-order valence-electron chi connectivity index (χ4n) is 1.42. The number of anilines is 1. The van der Waals surface area contributed by atoms with Crippen LogP contribution in [0.1, 0.15) is 12.8 Å². The standard InChI is InChI=1S/C11H11F3N2OS/c12-11(13,14)4-1-5-18-10-16-8-6-7(15)2-3-9(8)17-10/h2-3,6H,1,4-5,15H2. The summed E-state index contributed by atoms with van der Waals surface area (Å²) in [5.41, 5.74) is 7.37. The highest BCUT2D eigenvalue weighted by Gasteiger charge is 2.26. The van der Waals surface area contributed by atoms with Gasteiger partial charge in [0, 0.05) is 17.9 Å². The van der Waals surface area contributed by atoms with Gasteiger partial charge in [-0.1, -0.05) is 11.8 Å². The molecule has 2 N–H and O–H groups in total. The van der Waals surface area contributed by atoms with Crippen LogP contribution in [0.5, 0.6) is 0 Å². The summed E-state index contributed by atoms with van der Waals surface area (Å²) in [5, 5.41) is 0.373. The van der Waals surface area contributed by atoms with Gasteiger partial charge >= 0.3 is 6.18 Å². The second kappa shape index (κ2) is 5.09. The Morgan fingerprint density at radius 1 is 1.33 bits per heavy atom. The third-order valence-corrected chi connectivity index (χ3v) is 3.14. The summed E-state index contributed by atoms with van der Waals surface area (Å²) < 4.78 is 41.2. The lowest BCUT2D eigenvalue weighted by molar-refractivity contribution is -0.134. The number of fused-ring (bicyclic) bond motifs is 1. The topological polar surface area (TPSA) is 52.0 Å². The molecule has 0 aliphatic heterocycles. The van der Waals surface area contributed by atoms with Crippen LogP contribution in [0.4, 0.5) is 18.9 Å². The number of rotatable bonds is 4. The predicted octanol–water partition coefficient (Wildman–Crippen LogP) is 3.84. The Hall–Kier alpha value is -1.37. The Labute approximate surface area is 106 Å². The van der Waals surface area contributed by atoms with Crippen molar-refractivity contribution in [1.82, 2.24) is 4.98 Å². The number of halogens is 3. The molecule has 0 bridgehead atoms. The zero-order valence-corrected chi connectivity index (χ0v) is 10.1. The molecule has 18 heavy (non-hydrogen) atoms. The summed E-state index contributed by atoms with van der Waals surface area (Å²) >= 11 is 1.17. The SMILES string of the molecule is Nc1ccc2oc(SCCCC(F)(F)F)nc2c1. The van der Waals surface area contributed by atoms with E-state index in [1.807, 2.05) is 0 Å². The van der Waals surface area contributed by atoms with Crippen molar-refractivity contribution >= 4 is 28.5 Å². The largest absolute Gasteiger partial charge is 0.431 e. The number of oxazole rings is 1. The molecule has 0 atom stereocenters. The van der Waals surface area contributed by atoms with E-state index < -0.39 is 12.6 Å². The third kappa shape index (κ3) is 3.56. The van der Waals surface area contributed by atoms with Crippen LogP contribution < -0.4 is 5.73 Å². The summed E-state index contributed by atoms with van der Waals surface area (Å²) in [4.78, 5) is 4.14. The second-order valence-electron chi connectivity index (χ2n) is 3.77. The van der Waals surface area contributed by atoms with Crippen molar-refractivity contribution in [1.29, 1.82) is 0 Å². The van der Waals surface area contributed by atoms with Gasteiger partial charge in [-0.05, 0) is 24.6 Å². The Bertz CT molecular complexity index is 539. The number of aromatic nitrogens is 1. The first-order chi connectivity index (χ1) is 8.44. The summed E-state index contributed by atoms with van der Waals surface area (Å²) in [6.07, 6.45) is -4.83. The highest BCUT2D eigenvalue weighted by Crippen LogP contribution is 2.27. The lowest BCUT2D eigenvalue weighted by Crippen LogP contribution is -2.06. The monoisotopic (exact) mass is 276 g/mol. The van der Waals surface area contributed by atoms with Crippen LogP contribution in [0.15, 0.2) is 27.8 Å². The maximum atomic E-state index is 11.9. The van der Waals surface area contributed by atoms with Crippen molar-refractivity contribution in [2.75, 3.05) is 11.5 Å². The van der Waals surface area contributed by atoms with Gasteiger partial charge in [-0.15, -0.1) is 0 Å². The van der Waals surface area contributed by atoms with Gasteiger partial charge < -0.3 is 10.2 Å². The van der Waals surface area contributed by atoms with Crippen molar-refractivity contribution in [2.45, 2.75) is 24.2 Å². The minimum Gasteiger partial charge on any atom is -0.431 e. The Morgan fingerprint density at radius 2 is 2.11 bits per heavy atom. The molecule has 0 amide bonds. The molecule has 2 rings (SSSR count). The van der Waals surface area contributed by atoms with E-state index in [0.29, 0.717) is 27.8 Å². The quantitative estimate of drug-likeness (QED) is 0.523. The molecule has 1 aromatic heterocycles. The number of alkyl halides is 3. The molecule has 2 aromatic rings. The van der Waals surface area contributed by atoms with Crippen LogP contribution in [0.25, 0.3) is 11.1 Å². The molecule has 3 nitrogen and oxygen atoms in total. The maximum Gasteiger partial charge on any atom is 0.389 e. The normalized spacial score (nSPS) is 12.2. The molecule has 0 saturated carbocycles.